The van der Waals surface area contributed by atoms with E-state index < -0.39 is 0 Å². The molecule has 1 N–H and O–H groups in total. The van der Waals surface area contributed by atoms with Gasteiger partial charge in [-0.3, -0.25) is 14.4 Å². The molecule has 0 radical (unpaired) electrons. The number of nitrogens with one attached hydrogen (secondary N) is 1. The largest absolute Gasteiger partial charge is 0.342 e. The minimum atomic E-state index is -0.235. The molecule has 0 atom stereocenters. The Morgan fingerprint density at radius 1 is 1.08 bits per heavy atom. The molecule has 1 aromatic rings. The highest BCUT2D eigenvalue weighted by Gasteiger charge is 2.14. The number of carbonyl (C=O) groups excluding carboxylic acids is 3. The Balaban J connectivity index is 2.61. The summed E-state index contributed by atoms with van der Waals surface area (Å²) < 4.78 is 0. The van der Waals surface area contributed by atoms with Gasteiger partial charge in [-0.05, 0) is 37.6 Å². The van der Waals surface area contributed by atoms with Crippen LogP contribution in [0.1, 0.15) is 26.3 Å². The summed E-state index contributed by atoms with van der Waals surface area (Å²) >= 11 is 0. The molecular weight excluding hydrogens is 306 g/mol. The number of carbonyl (C=O) groups is 3. The van der Waals surface area contributed by atoms with E-state index in [0.29, 0.717) is 18.8 Å². The van der Waals surface area contributed by atoms with Crippen molar-refractivity contribution in [1.29, 1.82) is 0 Å². The maximum Gasteiger partial charge on any atom is 0.246 e. The molecule has 24 heavy (non-hydrogen) atoms. The van der Waals surface area contributed by atoms with Crippen LogP contribution in [-0.4, -0.2) is 54.2 Å². The van der Waals surface area contributed by atoms with E-state index in [4.69, 9.17) is 0 Å². The van der Waals surface area contributed by atoms with E-state index in [-0.39, 0.29) is 24.3 Å². The Morgan fingerprint density at radius 3 is 2.17 bits per heavy atom. The van der Waals surface area contributed by atoms with Crippen molar-refractivity contribution in [3.05, 3.63) is 35.9 Å². The first-order valence-corrected chi connectivity index (χ1v) is 7.96. The highest BCUT2D eigenvalue weighted by molar-refractivity contribution is 5.94. The van der Waals surface area contributed by atoms with Crippen molar-refractivity contribution < 1.29 is 14.4 Å². The van der Waals surface area contributed by atoms with E-state index in [1.807, 2.05) is 13.8 Å². The summed E-state index contributed by atoms with van der Waals surface area (Å²) in [5, 5.41) is 2.68. The van der Waals surface area contributed by atoms with E-state index in [1.165, 1.54) is 17.9 Å². The SMILES string of the molecule is CCN(CC)C(=O)CN(C)C(=O)/C=C/c1ccc(NC(C)=O)cc1. The van der Waals surface area contributed by atoms with Crippen LogP contribution in [0.2, 0.25) is 0 Å². The molecule has 0 aliphatic heterocycles. The molecule has 0 unspecified atom stereocenters. The molecule has 0 spiro atoms. The summed E-state index contributed by atoms with van der Waals surface area (Å²) in [7, 11) is 1.61. The Bertz CT molecular complexity index is 604. The molecule has 0 saturated heterocycles. The molecule has 130 valence electrons. The summed E-state index contributed by atoms with van der Waals surface area (Å²) in [5.74, 6) is -0.432. The third kappa shape index (κ3) is 6.24. The van der Waals surface area contributed by atoms with Crippen LogP contribution >= 0.6 is 0 Å². The first-order chi connectivity index (χ1) is 11.4. The van der Waals surface area contributed by atoms with Crippen molar-refractivity contribution in [1.82, 2.24) is 9.80 Å². The van der Waals surface area contributed by atoms with Crippen molar-refractivity contribution in [2.75, 3.05) is 32.0 Å². The minimum Gasteiger partial charge on any atom is -0.342 e. The molecule has 3 amide bonds. The molecule has 0 fully saturated rings. The van der Waals surface area contributed by atoms with Crippen molar-refractivity contribution >= 4 is 29.5 Å². The topological polar surface area (TPSA) is 69.7 Å². The summed E-state index contributed by atoms with van der Waals surface area (Å²) in [6.45, 7) is 6.59. The average molecular weight is 331 g/mol. The van der Waals surface area contributed by atoms with Gasteiger partial charge in [0.1, 0.15) is 0 Å². The quantitative estimate of drug-likeness (QED) is 0.777. The van der Waals surface area contributed by atoms with E-state index in [0.717, 1.165) is 5.56 Å². The second kappa shape index (κ2) is 9.50. The van der Waals surface area contributed by atoms with Crippen LogP contribution in [0.25, 0.3) is 6.08 Å². The zero-order valence-electron chi connectivity index (χ0n) is 14.7. The molecule has 0 bridgehead atoms. The van der Waals surface area contributed by atoms with Crippen molar-refractivity contribution in [2.45, 2.75) is 20.8 Å². The molecule has 0 aromatic heterocycles. The van der Waals surface area contributed by atoms with Crippen molar-refractivity contribution in [3.63, 3.8) is 0 Å². The van der Waals surface area contributed by atoms with Gasteiger partial charge < -0.3 is 15.1 Å². The fourth-order valence-electron chi connectivity index (χ4n) is 2.13. The standard InChI is InChI=1S/C18H25N3O3/c1-5-21(6-2)18(24)13-20(4)17(23)12-9-15-7-10-16(11-8-15)19-14(3)22/h7-12H,5-6,13H2,1-4H3,(H,19,22)/b12-9+. The zero-order valence-corrected chi connectivity index (χ0v) is 14.7. The molecule has 0 aliphatic carbocycles. The first kappa shape index (κ1) is 19.4. The monoisotopic (exact) mass is 331 g/mol. The molecule has 6 nitrogen and oxygen atoms in total. The second-order valence-corrected chi connectivity index (χ2v) is 5.40. The molecule has 0 saturated carbocycles. The Labute approximate surface area is 143 Å². The van der Waals surface area contributed by atoms with E-state index in [9.17, 15) is 14.4 Å². The van der Waals surface area contributed by atoms with Crippen molar-refractivity contribution in [2.24, 2.45) is 0 Å². The fraction of sp³-hybridized carbons (Fsp3) is 0.389. The fourth-order valence-corrected chi connectivity index (χ4v) is 2.13. The Kier molecular flexibility index (Phi) is 7.68. The summed E-state index contributed by atoms with van der Waals surface area (Å²) in [4.78, 5) is 38.1. The normalized spacial score (nSPS) is 10.5. The lowest BCUT2D eigenvalue weighted by atomic mass is 10.2. The summed E-state index contributed by atoms with van der Waals surface area (Å²) in [6.07, 6.45) is 3.11. The minimum absolute atomic E-state index is 0.0618. The second-order valence-electron chi connectivity index (χ2n) is 5.40. The van der Waals surface area contributed by atoms with Gasteiger partial charge in [0.05, 0.1) is 6.54 Å². The maximum absolute atomic E-state index is 12.1. The molecule has 1 rings (SSSR count). The number of rotatable bonds is 7. The van der Waals surface area contributed by atoms with E-state index in [2.05, 4.69) is 5.32 Å². The summed E-state index contributed by atoms with van der Waals surface area (Å²) in [6, 6.07) is 7.13. The molecule has 1 aromatic carbocycles. The van der Waals surface area contributed by atoms with Crippen molar-refractivity contribution in [3.8, 4) is 0 Å². The van der Waals surface area contributed by atoms with Crippen LogP contribution in [-0.2, 0) is 14.4 Å². The van der Waals surface area contributed by atoms with Gasteiger partial charge in [0.25, 0.3) is 0 Å². The summed E-state index contributed by atoms with van der Waals surface area (Å²) in [5.41, 5.74) is 1.54. The van der Waals surface area contributed by atoms with Crippen LogP contribution in [0, 0.1) is 0 Å². The van der Waals surface area contributed by atoms with Gasteiger partial charge in [0.15, 0.2) is 0 Å². The van der Waals surface area contributed by atoms with Gasteiger partial charge in [0.2, 0.25) is 17.7 Å². The van der Waals surface area contributed by atoms with Crippen LogP contribution < -0.4 is 5.32 Å². The molecule has 0 heterocycles. The van der Waals surface area contributed by atoms with E-state index in [1.54, 1.807) is 42.3 Å². The zero-order chi connectivity index (χ0) is 18.1. The lowest BCUT2D eigenvalue weighted by Gasteiger charge is -2.22. The third-order valence-corrected chi connectivity index (χ3v) is 3.51. The van der Waals surface area contributed by atoms with Crippen LogP contribution in [0.3, 0.4) is 0 Å². The average Bonchev–Trinajstić information content (AvgIpc) is 2.54. The molecule has 6 heteroatoms. The number of amides is 3. The number of likely N-dealkylation sites (N-methyl/N-ethyl adjacent to an activating group) is 2. The molecular formula is C18H25N3O3. The number of nitrogens with zero attached hydrogens (tertiary/aromatic N) is 2. The van der Waals surface area contributed by atoms with Gasteiger partial charge in [-0.15, -0.1) is 0 Å². The van der Waals surface area contributed by atoms with Gasteiger partial charge in [-0.2, -0.15) is 0 Å². The predicted octanol–water partition coefficient (Wildman–Crippen LogP) is 1.98. The van der Waals surface area contributed by atoms with Gasteiger partial charge in [0, 0.05) is 38.8 Å². The number of hydrogen-bond donors (Lipinski definition) is 1. The Hall–Kier alpha value is -2.63. The maximum atomic E-state index is 12.1. The number of benzene rings is 1. The smallest absolute Gasteiger partial charge is 0.246 e. The number of hydrogen-bond acceptors (Lipinski definition) is 3. The first-order valence-electron chi connectivity index (χ1n) is 7.96. The van der Waals surface area contributed by atoms with E-state index >= 15 is 0 Å². The van der Waals surface area contributed by atoms with Gasteiger partial charge in [-0.25, -0.2) is 0 Å². The predicted molar refractivity (Wildman–Crippen MR) is 95.3 cm³/mol. The number of anilines is 1. The lowest BCUT2D eigenvalue weighted by molar-refractivity contribution is -0.136. The van der Waals surface area contributed by atoms with Crippen LogP contribution in [0.4, 0.5) is 5.69 Å². The van der Waals surface area contributed by atoms with Gasteiger partial charge >= 0.3 is 0 Å². The van der Waals surface area contributed by atoms with Crippen LogP contribution in [0.15, 0.2) is 30.3 Å². The molecule has 0 aliphatic rings. The highest BCUT2D eigenvalue weighted by Crippen LogP contribution is 2.10. The third-order valence-electron chi connectivity index (χ3n) is 3.51. The van der Waals surface area contributed by atoms with Gasteiger partial charge in [-0.1, -0.05) is 12.1 Å². The lowest BCUT2D eigenvalue weighted by Crippen LogP contribution is -2.40. The highest BCUT2D eigenvalue weighted by atomic mass is 16.2. The Morgan fingerprint density at radius 2 is 1.67 bits per heavy atom. The van der Waals surface area contributed by atoms with Crippen LogP contribution in [0.5, 0.6) is 0 Å².